The van der Waals surface area contributed by atoms with Crippen LogP contribution in [0.15, 0.2) is 24.4 Å². The summed E-state index contributed by atoms with van der Waals surface area (Å²) in [5.74, 6) is 0. The summed E-state index contributed by atoms with van der Waals surface area (Å²) in [4.78, 5) is 12.1. The van der Waals surface area contributed by atoms with E-state index >= 15 is 0 Å². The van der Waals surface area contributed by atoms with Crippen LogP contribution in [0.4, 0.5) is 0 Å². The van der Waals surface area contributed by atoms with Crippen LogP contribution in [-0.2, 0) is 6.54 Å². The highest BCUT2D eigenvalue weighted by molar-refractivity contribution is 5.02. The Balaban J connectivity index is 1.61. The first-order chi connectivity index (χ1) is 8.31. The highest BCUT2D eigenvalue weighted by atomic mass is 15.7. The molecular weight excluding hydrogens is 214 g/mol. The summed E-state index contributed by atoms with van der Waals surface area (Å²) < 4.78 is 1.14. The Labute approximate surface area is 101 Å². The average Bonchev–Trinajstić information content (AvgIpc) is 2.27. The van der Waals surface area contributed by atoms with Crippen molar-refractivity contribution in [3.8, 4) is 0 Å². The summed E-state index contributed by atoms with van der Waals surface area (Å²) in [5, 5.41) is 0. The summed E-state index contributed by atoms with van der Waals surface area (Å²) in [6.45, 7) is 8.07. The van der Waals surface area contributed by atoms with Crippen LogP contribution in [-0.4, -0.2) is 64.2 Å². The van der Waals surface area contributed by atoms with Crippen LogP contribution in [0.2, 0.25) is 0 Å². The average molecular weight is 232 g/mol. The Morgan fingerprint density at radius 3 is 2.18 bits per heavy atom. The van der Waals surface area contributed by atoms with Gasteiger partial charge in [0.15, 0.2) is 0 Å². The molecule has 4 aliphatic heterocycles. The Morgan fingerprint density at radius 1 is 1.00 bits per heavy atom. The predicted octanol–water partition coefficient (Wildman–Crippen LogP) is 0.0902. The van der Waals surface area contributed by atoms with E-state index in [0.717, 1.165) is 31.0 Å². The lowest BCUT2D eigenvalue weighted by Crippen LogP contribution is -2.78. The van der Waals surface area contributed by atoms with Crippen LogP contribution in [0.1, 0.15) is 5.69 Å². The molecule has 4 aliphatic rings. The van der Waals surface area contributed by atoms with Crippen molar-refractivity contribution < 1.29 is 4.48 Å². The van der Waals surface area contributed by atoms with Gasteiger partial charge in [-0.05, 0) is 12.1 Å². The molecule has 0 N–H and O–H groups in total. The van der Waals surface area contributed by atoms with Crippen LogP contribution >= 0.6 is 0 Å². The maximum Gasteiger partial charge on any atom is 0.139 e. The Hall–Kier alpha value is -1.01. The van der Waals surface area contributed by atoms with Gasteiger partial charge in [-0.1, -0.05) is 6.07 Å². The standard InChI is InChI=1S/C12H18N5/c1-2-4-13-12(3-1)5-17-9-14-6-15(10-17)8-16(7-14)11-17/h1-4H,5-11H2/q+1. The van der Waals surface area contributed by atoms with Gasteiger partial charge in [0.25, 0.3) is 0 Å². The predicted molar refractivity (Wildman–Crippen MR) is 62.9 cm³/mol. The highest BCUT2D eigenvalue weighted by Gasteiger charge is 2.48. The number of pyridine rings is 1. The lowest BCUT2D eigenvalue weighted by molar-refractivity contribution is -0.991. The lowest BCUT2D eigenvalue weighted by atomic mass is 10.2. The van der Waals surface area contributed by atoms with Crippen LogP contribution in [0.25, 0.3) is 0 Å². The first-order valence-corrected chi connectivity index (χ1v) is 6.23. The van der Waals surface area contributed by atoms with Gasteiger partial charge in [-0.3, -0.25) is 9.47 Å². The van der Waals surface area contributed by atoms with Gasteiger partial charge in [-0.25, -0.2) is 14.7 Å². The van der Waals surface area contributed by atoms with E-state index in [2.05, 4.69) is 31.8 Å². The maximum atomic E-state index is 4.48. The van der Waals surface area contributed by atoms with Crippen molar-refractivity contribution in [2.45, 2.75) is 6.54 Å². The smallest absolute Gasteiger partial charge is 0.139 e. The van der Waals surface area contributed by atoms with Gasteiger partial charge in [0.1, 0.15) is 26.6 Å². The zero-order valence-corrected chi connectivity index (χ0v) is 10.00. The molecule has 0 amide bonds. The van der Waals surface area contributed by atoms with E-state index in [1.54, 1.807) is 0 Å². The Morgan fingerprint density at radius 2 is 1.65 bits per heavy atom. The fourth-order valence-electron chi connectivity index (χ4n) is 3.64. The zero-order chi connectivity index (χ0) is 11.3. The molecule has 17 heavy (non-hydrogen) atoms. The quantitative estimate of drug-likeness (QED) is 0.674. The molecule has 1 aromatic rings. The second-order valence-corrected chi connectivity index (χ2v) is 5.68. The molecule has 0 aromatic carbocycles. The van der Waals surface area contributed by atoms with E-state index in [4.69, 9.17) is 0 Å². The Bertz CT molecular complexity index is 383. The number of nitrogens with zero attached hydrogens (tertiary/aromatic N) is 5. The normalized spacial score (nSPS) is 42.9. The molecule has 5 rings (SSSR count). The van der Waals surface area contributed by atoms with E-state index in [1.807, 2.05) is 12.3 Å². The van der Waals surface area contributed by atoms with Gasteiger partial charge < -0.3 is 0 Å². The first kappa shape index (κ1) is 9.96. The molecule has 0 saturated carbocycles. The molecule has 5 nitrogen and oxygen atoms in total. The van der Waals surface area contributed by atoms with Crippen molar-refractivity contribution >= 4 is 0 Å². The van der Waals surface area contributed by atoms with Gasteiger partial charge in [0.05, 0.1) is 25.7 Å². The fourth-order valence-corrected chi connectivity index (χ4v) is 3.64. The second-order valence-electron chi connectivity index (χ2n) is 5.68. The van der Waals surface area contributed by atoms with Crippen LogP contribution in [0.3, 0.4) is 0 Å². The molecule has 5 heterocycles. The molecule has 0 spiro atoms. The Kier molecular flexibility index (Phi) is 2.05. The van der Waals surface area contributed by atoms with E-state index in [9.17, 15) is 0 Å². The highest BCUT2D eigenvalue weighted by Crippen LogP contribution is 2.30. The van der Waals surface area contributed by atoms with Crippen LogP contribution in [0.5, 0.6) is 0 Å². The third kappa shape index (κ3) is 1.66. The molecule has 0 aliphatic carbocycles. The third-order valence-electron chi connectivity index (χ3n) is 3.92. The van der Waals surface area contributed by atoms with E-state index in [0.29, 0.717) is 0 Å². The minimum Gasteiger partial charge on any atom is -0.281 e. The molecule has 4 fully saturated rings. The summed E-state index contributed by atoms with van der Waals surface area (Å²) >= 11 is 0. The summed E-state index contributed by atoms with van der Waals surface area (Å²) in [5.41, 5.74) is 1.22. The SMILES string of the molecule is c1ccc(C[N+]23CN4CN(CN(C4)C2)C3)nc1. The number of hydrogen-bond acceptors (Lipinski definition) is 4. The zero-order valence-electron chi connectivity index (χ0n) is 10.00. The van der Waals surface area contributed by atoms with Gasteiger partial charge in [-0.2, -0.15) is 0 Å². The van der Waals surface area contributed by atoms with E-state index < -0.39 is 0 Å². The first-order valence-electron chi connectivity index (χ1n) is 6.23. The number of quaternary nitrogens is 1. The largest absolute Gasteiger partial charge is 0.281 e. The van der Waals surface area contributed by atoms with Crippen molar-refractivity contribution in [1.29, 1.82) is 0 Å². The molecule has 0 unspecified atom stereocenters. The molecule has 0 atom stereocenters. The van der Waals surface area contributed by atoms with Crippen LogP contribution < -0.4 is 0 Å². The van der Waals surface area contributed by atoms with Crippen molar-refractivity contribution in [3.05, 3.63) is 30.1 Å². The monoisotopic (exact) mass is 232 g/mol. The molecular formula is C12H18N5+. The molecule has 5 heteroatoms. The number of rotatable bonds is 2. The van der Waals surface area contributed by atoms with Crippen molar-refractivity contribution in [2.75, 3.05) is 40.0 Å². The molecule has 4 bridgehead atoms. The molecule has 1 aromatic heterocycles. The minimum atomic E-state index is 1.06. The third-order valence-corrected chi connectivity index (χ3v) is 3.92. The van der Waals surface area contributed by atoms with Crippen molar-refractivity contribution in [1.82, 2.24) is 19.7 Å². The van der Waals surface area contributed by atoms with Gasteiger partial charge >= 0.3 is 0 Å². The van der Waals surface area contributed by atoms with Crippen LogP contribution in [0, 0.1) is 0 Å². The molecule has 0 radical (unpaired) electrons. The van der Waals surface area contributed by atoms with Gasteiger partial charge in [0.2, 0.25) is 0 Å². The summed E-state index contributed by atoms with van der Waals surface area (Å²) in [6.07, 6.45) is 1.90. The lowest BCUT2D eigenvalue weighted by Gasteiger charge is -2.60. The van der Waals surface area contributed by atoms with Gasteiger partial charge in [-0.15, -0.1) is 0 Å². The topological polar surface area (TPSA) is 22.6 Å². The molecule has 4 saturated heterocycles. The maximum absolute atomic E-state index is 4.48. The molecule has 90 valence electrons. The number of aromatic nitrogens is 1. The minimum absolute atomic E-state index is 1.06. The summed E-state index contributed by atoms with van der Waals surface area (Å²) in [7, 11) is 0. The fraction of sp³-hybridized carbons (Fsp3) is 0.583. The van der Waals surface area contributed by atoms with Crippen molar-refractivity contribution in [3.63, 3.8) is 0 Å². The number of hydrogen-bond donors (Lipinski definition) is 0. The van der Waals surface area contributed by atoms with E-state index in [1.165, 1.54) is 25.7 Å². The van der Waals surface area contributed by atoms with Crippen molar-refractivity contribution in [2.24, 2.45) is 0 Å². The summed E-state index contributed by atoms with van der Waals surface area (Å²) in [6, 6.07) is 6.23. The second kappa shape index (κ2) is 3.49. The van der Waals surface area contributed by atoms with E-state index in [-0.39, 0.29) is 0 Å². The van der Waals surface area contributed by atoms with Gasteiger partial charge in [0, 0.05) is 6.20 Å².